The van der Waals surface area contributed by atoms with Crippen molar-refractivity contribution in [3.63, 3.8) is 0 Å². The summed E-state index contributed by atoms with van der Waals surface area (Å²) in [6.45, 7) is 18.4. The molecule has 0 N–H and O–H groups in total. The topological polar surface area (TPSA) is 0 Å². The maximum Gasteiger partial charge on any atom is -0.0103 e. The van der Waals surface area contributed by atoms with Crippen LogP contribution >= 0.6 is 0 Å². The van der Waals surface area contributed by atoms with Crippen molar-refractivity contribution in [1.82, 2.24) is 0 Å². The van der Waals surface area contributed by atoms with Gasteiger partial charge in [-0.3, -0.25) is 0 Å². The number of hydrogen-bond acceptors (Lipinski definition) is 0. The van der Waals surface area contributed by atoms with Crippen LogP contribution in [0.4, 0.5) is 0 Å². The SMILES string of the molecule is [CH2]c1cc(C(C)(C)CCCCC)cc(C(C)(C)CCCCC)c1. The van der Waals surface area contributed by atoms with Gasteiger partial charge >= 0.3 is 0 Å². The van der Waals surface area contributed by atoms with Gasteiger partial charge in [-0.05, 0) is 47.3 Å². The van der Waals surface area contributed by atoms with Crippen LogP contribution in [-0.2, 0) is 10.8 Å². The molecule has 1 aromatic rings. The van der Waals surface area contributed by atoms with E-state index >= 15 is 0 Å². The molecule has 0 amide bonds. The van der Waals surface area contributed by atoms with Gasteiger partial charge in [-0.25, -0.2) is 0 Å². The van der Waals surface area contributed by atoms with Crippen LogP contribution in [0.1, 0.15) is 110 Å². The van der Waals surface area contributed by atoms with E-state index < -0.39 is 0 Å². The third-order valence-corrected chi connectivity index (χ3v) is 5.37. The zero-order chi connectivity index (χ0) is 17.5. The zero-order valence-electron chi connectivity index (χ0n) is 16.6. The van der Waals surface area contributed by atoms with Crippen molar-refractivity contribution >= 4 is 0 Å². The predicted molar refractivity (Wildman–Crippen MR) is 105 cm³/mol. The van der Waals surface area contributed by atoms with Crippen molar-refractivity contribution in [3.8, 4) is 0 Å². The lowest BCUT2D eigenvalue weighted by Crippen LogP contribution is -2.21. The first kappa shape index (κ1) is 20.3. The van der Waals surface area contributed by atoms with Crippen LogP contribution < -0.4 is 0 Å². The van der Waals surface area contributed by atoms with Gasteiger partial charge in [-0.15, -0.1) is 0 Å². The number of rotatable bonds is 10. The van der Waals surface area contributed by atoms with Gasteiger partial charge in [-0.2, -0.15) is 0 Å². The Morgan fingerprint density at radius 3 is 1.43 bits per heavy atom. The smallest absolute Gasteiger partial charge is 0.0103 e. The summed E-state index contributed by atoms with van der Waals surface area (Å²) < 4.78 is 0. The monoisotopic (exact) mass is 315 g/mol. The quantitative estimate of drug-likeness (QED) is 0.390. The minimum atomic E-state index is 0.247. The molecule has 0 aliphatic heterocycles. The summed E-state index contributed by atoms with van der Waals surface area (Å²) >= 11 is 0. The summed E-state index contributed by atoms with van der Waals surface area (Å²) in [7, 11) is 0. The van der Waals surface area contributed by atoms with E-state index in [0.717, 1.165) is 0 Å². The molecule has 23 heavy (non-hydrogen) atoms. The fourth-order valence-corrected chi connectivity index (χ4v) is 3.40. The molecule has 0 atom stereocenters. The van der Waals surface area contributed by atoms with Crippen LogP contribution in [0.5, 0.6) is 0 Å². The molecule has 0 saturated carbocycles. The summed E-state index contributed by atoms with van der Waals surface area (Å²) in [6.07, 6.45) is 10.4. The van der Waals surface area contributed by atoms with Crippen LogP contribution in [0.3, 0.4) is 0 Å². The molecule has 0 nitrogen and oxygen atoms in total. The molecule has 0 spiro atoms. The van der Waals surface area contributed by atoms with E-state index in [1.807, 2.05) is 0 Å². The predicted octanol–water partition coefficient (Wildman–Crippen LogP) is 7.58. The minimum Gasteiger partial charge on any atom is -0.0654 e. The molecule has 0 bridgehead atoms. The number of hydrogen-bond donors (Lipinski definition) is 0. The Morgan fingerprint density at radius 2 is 1.09 bits per heavy atom. The van der Waals surface area contributed by atoms with Crippen LogP contribution in [-0.4, -0.2) is 0 Å². The van der Waals surface area contributed by atoms with Gasteiger partial charge in [0.15, 0.2) is 0 Å². The maximum atomic E-state index is 4.26. The summed E-state index contributed by atoms with van der Waals surface area (Å²) in [5.41, 5.74) is 4.61. The third kappa shape index (κ3) is 6.32. The third-order valence-electron chi connectivity index (χ3n) is 5.37. The largest absolute Gasteiger partial charge is 0.0654 e. The number of benzene rings is 1. The van der Waals surface area contributed by atoms with E-state index in [9.17, 15) is 0 Å². The fraction of sp³-hybridized carbons (Fsp3) is 0.696. The molecule has 1 radical (unpaired) electrons. The lowest BCUT2D eigenvalue weighted by Gasteiger charge is -2.31. The molecule has 131 valence electrons. The van der Waals surface area contributed by atoms with Crippen molar-refractivity contribution in [2.75, 3.05) is 0 Å². The molecule has 0 aromatic heterocycles. The molecule has 0 heteroatoms. The Bertz CT molecular complexity index is 425. The maximum absolute atomic E-state index is 4.26. The van der Waals surface area contributed by atoms with E-state index in [2.05, 4.69) is 66.7 Å². The second kappa shape index (κ2) is 8.90. The van der Waals surface area contributed by atoms with Gasteiger partial charge in [0.1, 0.15) is 0 Å². The normalized spacial score (nSPS) is 12.7. The molecule has 0 aliphatic rings. The Kier molecular flexibility index (Phi) is 7.84. The van der Waals surface area contributed by atoms with E-state index in [0.29, 0.717) is 0 Å². The van der Waals surface area contributed by atoms with Gasteiger partial charge in [0.05, 0.1) is 0 Å². The van der Waals surface area contributed by atoms with Crippen molar-refractivity contribution < 1.29 is 0 Å². The fourth-order valence-electron chi connectivity index (χ4n) is 3.40. The van der Waals surface area contributed by atoms with Crippen LogP contribution in [0.2, 0.25) is 0 Å². The highest BCUT2D eigenvalue weighted by Crippen LogP contribution is 2.35. The molecule has 0 aliphatic carbocycles. The summed E-state index contributed by atoms with van der Waals surface area (Å²) in [4.78, 5) is 0. The van der Waals surface area contributed by atoms with Crippen LogP contribution in [0.15, 0.2) is 18.2 Å². The molecular formula is C23H39. The minimum absolute atomic E-state index is 0.247. The molecule has 1 aromatic carbocycles. The molecule has 0 heterocycles. The van der Waals surface area contributed by atoms with Crippen LogP contribution in [0, 0.1) is 6.92 Å². The van der Waals surface area contributed by atoms with E-state index in [-0.39, 0.29) is 10.8 Å². The Labute approximate surface area is 146 Å². The molecular weight excluding hydrogens is 276 g/mol. The van der Waals surface area contributed by atoms with E-state index in [1.54, 1.807) is 0 Å². The van der Waals surface area contributed by atoms with Crippen LogP contribution in [0.25, 0.3) is 0 Å². The van der Waals surface area contributed by atoms with Gasteiger partial charge in [-0.1, -0.05) is 98.3 Å². The lowest BCUT2D eigenvalue weighted by atomic mass is 9.74. The van der Waals surface area contributed by atoms with E-state index in [4.69, 9.17) is 0 Å². The first-order chi connectivity index (χ1) is 10.7. The molecule has 1 rings (SSSR count). The van der Waals surface area contributed by atoms with Crippen molar-refractivity contribution in [2.45, 2.75) is 104 Å². The molecule has 0 saturated heterocycles. The Balaban J connectivity index is 2.97. The van der Waals surface area contributed by atoms with Gasteiger partial charge in [0, 0.05) is 0 Å². The van der Waals surface area contributed by atoms with Crippen molar-refractivity contribution in [2.24, 2.45) is 0 Å². The first-order valence-corrected chi connectivity index (χ1v) is 9.71. The highest BCUT2D eigenvalue weighted by Gasteiger charge is 2.25. The summed E-state index contributed by atoms with van der Waals surface area (Å²) in [5.74, 6) is 0. The summed E-state index contributed by atoms with van der Waals surface area (Å²) in [6, 6.07) is 7.07. The van der Waals surface area contributed by atoms with Gasteiger partial charge < -0.3 is 0 Å². The lowest BCUT2D eigenvalue weighted by molar-refractivity contribution is 0.437. The molecule has 0 unspecified atom stereocenters. The average Bonchev–Trinajstić information content (AvgIpc) is 2.47. The van der Waals surface area contributed by atoms with Crippen molar-refractivity contribution in [3.05, 3.63) is 41.8 Å². The second-order valence-electron chi connectivity index (χ2n) is 8.60. The second-order valence-corrected chi connectivity index (χ2v) is 8.60. The average molecular weight is 316 g/mol. The van der Waals surface area contributed by atoms with Gasteiger partial charge in [0.25, 0.3) is 0 Å². The Hall–Kier alpha value is -0.780. The number of unbranched alkanes of at least 4 members (excludes halogenated alkanes) is 4. The zero-order valence-corrected chi connectivity index (χ0v) is 16.6. The first-order valence-electron chi connectivity index (χ1n) is 9.71. The summed E-state index contributed by atoms with van der Waals surface area (Å²) in [5, 5.41) is 0. The highest BCUT2D eigenvalue weighted by atomic mass is 14.3. The van der Waals surface area contributed by atoms with E-state index in [1.165, 1.54) is 68.1 Å². The standard InChI is InChI=1S/C23H39/c1-8-10-12-14-22(4,5)20-16-19(3)17-21(18-20)23(6,7)15-13-11-9-2/h16-18H,3,8-15H2,1-2,4-7H3. The highest BCUT2D eigenvalue weighted by molar-refractivity contribution is 5.39. The van der Waals surface area contributed by atoms with Gasteiger partial charge in [0.2, 0.25) is 0 Å². The van der Waals surface area contributed by atoms with Crippen molar-refractivity contribution in [1.29, 1.82) is 0 Å². The Morgan fingerprint density at radius 1 is 0.696 bits per heavy atom. The molecule has 0 fully saturated rings.